The Morgan fingerprint density at radius 3 is 2.39 bits per heavy atom. The molecule has 0 fully saturated rings. The maximum atomic E-state index is 13.2. The van der Waals surface area contributed by atoms with Crippen LogP contribution in [-0.2, 0) is 16.6 Å². The maximum Gasteiger partial charge on any atom is 0.270 e. The van der Waals surface area contributed by atoms with Crippen molar-refractivity contribution < 1.29 is 22.8 Å². The molecule has 0 saturated heterocycles. The Bertz CT molecular complexity index is 1230. The Morgan fingerprint density at radius 2 is 1.74 bits per heavy atom. The van der Waals surface area contributed by atoms with Gasteiger partial charge in [-0.1, -0.05) is 35.9 Å². The van der Waals surface area contributed by atoms with E-state index in [9.17, 15) is 18.5 Å². The highest BCUT2D eigenvalue weighted by Crippen LogP contribution is 2.35. The van der Waals surface area contributed by atoms with E-state index in [4.69, 9.17) is 21.1 Å². The first-order valence-corrected chi connectivity index (χ1v) is 10.9. The number of halogens is 1. The zero-order valence-corrected chi connectivity index (χ0v) is 18.2. The van der Waals surface area contributed by atoms with E-state index in [-0.39, 0.29) is 22.7 Å². The van der Waals surface area contributed by atoms with Gasteiger partial charge in [0.15, 0.2) is 0 Å². The number of ether oxygens (including phenoxy) is 2. The van der Waals surface area contributed by atoms with Crippen LogP contribution in [0.5, 0.6) is 11.5 Å². The highest BCUT2D eigenvalue weighted by molar-refractivity contribution is 7.89. The molecule has 0 radical (unpaired) electrons. The number of hydrogen-bond donors (Lipinski definition) is 1. The molecule has 8 nitrogen and oxygen atoms in total. The van der Waals surface area contributed by atoms with Gasteiger partial charge in [0.05, 0.1) is 24.0 Å². The van der Waals surface area contributed by atoms with E-state index >= 15 is 0 Å². The fraction of sp³-hybridized carbons (Fsp3) is 0.143. The Morgan fingerprint density at radius 1 is 1.00 bits per heavy atom. The monoisotopic (exact) mass is 462 g/mol. The molecular formula is C21H19ClN2O6S. The molecule has 0 saturated carbocycles. The summed E-state index contributed by atoms with van der Waals surface area (Å²) in [6.07, 6.45) is 0. The molecule has 0 aliphatic carbocycles. The number of non-ortho nitro benzene ring substituents is 1. The number of nitrogens with zero attached hydrogens (tertiary/aromatic N) is 1. The molecule has 0 unspecified atom stereocenters. The van der Waals surface area contributed by atoms with Crippen molar-refractivity contribution in [3.63, 3.8) is 0 Å². The molecule has 0 aliphatic heterocycles. The van der Waals surface area contributed by atoms with Crippen molar-refractivity contribution in [1.82, 2.24) is 4.72 Å². The highest BCUT2D eigenvalue weighted by Gasteiger charge is 2.24. The zero-order chi connectivity index (χ0) is 22.6. The van der Waals surface area contributed by atoms with E-state index in [0.717, 1.165) is 6.07 Å². The first kappa shape index (κ1) is 22.5. The number of rotatable bonds is 8. The fourth-order valence-electron chi connectivity index (χ4n) is 3.00. The minimum Gasteiger partial charge on any atom is -0.497 e. The first-order valence-electron chi connectivity index (χ1n) is 9.00. The first-order chi connectivity index (χ1) is 14.8. The van der Waals surface area contributed by atoms with Crippen LogP contribution in [0.1, 0.15) is 5.56 Å². The third kappa shape index (κ3) is 4.96. The van der Waals surface area contributed by atoms with E-state index in [1.165, 1.54) is 26.4 Å². The van der Waals surface area contributed by atoms with Crippen molar-refractivity contribution in [1.29, 1.82) is 0 Å². The van der Waals surface area contributed by atoms with Gasteiger partial charge in [0, 0.05) is 46.5 Å². The lowest BCUT2D eigenvalue weighted by molar-refractivity contribution is -0.385. The van der Waals surface area contributed by atoms with Gasteiger partial charge >= 0.3 is 0 Å². The Hall–Kier alpha value is -3.14. The molecule has 3 aromatic rings. The molecule has 3 aromatic carbocycles. The van der Waals surface area contributed by atoms with Crippen molar-refractivity contribution in [2.45, 2.75) is 11.4 Å². The summed E-state index contributed by atoms with van der Waals surface area (Å²) in [7, 11) is -1.18. The highest BCUT2D eigenvalue weighted by atomic mass is 35.5. The molecule has 0 atom stereocenters. The van der Waals surface area contributed by atoms with Gasteiger partial charge in [-0.25, -0.2) is 13.1 Å². The lowest BCUT2D eigenvalue weighted by Gasteiger charge is -2.14. The van der Waals surface area contributed by atoms with Crippen LogP contribution < -0.4 is 14.2 Å². The summed E-state index contributed by atoms with van der Waals surface area (Å²) in [6, 6.07) is 15.3. The summed E-state index contributed by atoms with van der Waals surface area (Å²) in [4.78, 5) is 10.4. The van der Waals surface area contributed by atoms with Crippen molar-refractivity contribution in [3.8, 4) is 22.6 Å². The van der Waals surface area contributed by atoms with Gasteiger partial charge < -0.3 is 9.47 Å². The lowest BCUT2D eigenvalue weighted by atomic mass is 10.1. The largest absolute Gasteiger partial charge is 0.497 e. The smallest absolute Gasteiger partial charge is 0.270 e. The van der Waals surface area contributed by atoms with Crippen LogP contribution in [-0.4, -0.2) is 27.6 Å². The lowest BCUT2D eigenvalue weighted by Crippen LogP contribution is -2.24. The minimum absolute atomic E-state index is 0.0971. The van der Waals surface area contributed by atoms with Crippen LogP contribution in [0.4, 0.5) is 5.69 Å². The van der Waals surface area contributed by atoms with Gasteiger partial charge in [-0.2, -0.15) is 0 Å². The quantitative estimate of drug-likeness (QED) is 0.392. The molecule has 0 heterocycles. The Labute approximate surface area is 184 Å². The fourth-order valence-corrected chi connectivity index (χ4v) is 4.48. The third-order valence-corrected chi connectivity index (χ3v) is 6.35. The van der Waals surface area contributed by atoms with Gasteiger partial charge in [0.2, 0.25) is 10.0 Å². The second-order valence-electron chi connectivity index (χ2n) is 6.42. The van der Waals surface area contributed by atoms with Crippen LogP contribution in [0, 0.1) is 10.1 Å². The van der Waals surface area contributed by atoms with Crippen LogP contribution in [0.25, 0.3) is 11.1 Å². The minimum atomic E-state index is -4.15. The summed E-state index contributed by atoms with van der Waals surface area (Å²) < 4.78 is 39.3. The van der Waals surface area contributed by atoms with Crippen molar-refractivity contribution in [3.05, 3.63) is 81.4 Å². The number of nitro groups is 1. The molecule has 0 aliphatic rings. The molecule has 162 valence electrons. The number of hydrogen-bond acceptors (Lipinski definition) is 6. The Balaban J connectivity index is 2.03. The molecule has 0 amide bonds. The second-order valence-corrected chi connectivity index (χ2v) is 8.56. The number of benzene rings is 3. The normalized spacial score (nSPS) is 11.2. The molecule has 0 spiro atoms. The van der Waals surface area contributed by atoms with E-state index in [1.54, 1.807) is 42.5 Å². The maximum absolute atomic E-state index is 13.2. The zero-order valence-electron chi connectivity index (χ0n) is 16.7. The van der Waals surface area contributed by atoms with Crippen molar-refractivity contribution in [2.24, 2.45) is 0 Å². The average Bonchev–Trinajstić information content (AvgIpc) is 2.77. The average molecular weight is 463 g/mol. The molecule has 0 aromatic heterocycles. The third-order valence-electron chi connectivity index (χ3n) is 4.58. The van der Waals surface area contributed by atoms with Gasteiger partial charge in [-0.15, -0.1) is 0 Å². The molecule has 3 rings (SSSR count). The molecule has 31 heavy (non-hydrogen) atoms. The Kier molecular flexibility index (Phi) is 6.79. The predicted octanol–water partition coefficient (Wildman–Crippen LogP) is 4.41. The van der Waals surface area contributed by atoms with Crippen molar-refractivity contribution in [2.75, 3.05) is 14.2 Å². The number of sulfonamides is 1. The number of nitro benzene ring substituents is 1. The van der Waals surface area contributed by atoms with E-state index in [0.29, 0.717) is 27.6 Å². The van der Waals surface area contributed by atoms with Crippen LogP contribution in [0.3, 0.4) is 0 Å². The topological polar surface area (TPSA) is 108 Å². The summed E-state index contributed by atoms with van der Waals surface area (Å²) in [5.74, 6) is 0.996. The van der Waals surface area contributed by atoms with Crippen LogP contribution >= 0.6 is 11.6 Å². The number of nitrogens with one attached hydrogen (secondary N) is 1. The van der Waals surface area contributed by atoms with E-state index in [1.807, 2.05) is 0 Å². The van der Waals surface area contributed by atoms with Gasteiger partial charge in [-0.05, 0) is 18.2 Å². The summed E-state index contributed by atoms with van der Waals surface area (Å²) in [5, 5.41) is 11.6. The molecule has 1 N–H and O–H groups in total. The van der Waals surface area contributed by atoms with Crippen molar-refractivity contribution >= 4 is 27.3 Å². The predicted molar refractivity (Wildman–Crippen MR) is 117 cm³/mol. The molecule has 10 heteroatoms. The molecular weight excluding hydrogens is 444 g/mol. The summed E-state index contributed by atoms with van der Waals surface area (Å²) >= 11 is 6.25. The molecule has 0 bridgehead atoms. The SMILES string of the molecule is COc1ccc(CNS(=O)(=O)c2cc([N+](=O)[O-])ccc2-c2ccccc2Cl)c(OC)c1. The number of methoxy groups -OCH3 is 2. The second kappa shape index (κ2) is 9.34. The summed E-state index contributed by atoms with van der Waals surface area (Å²) in [5.41, 5.74) is 0.918. The van der Waals surface area contributed by atoms with Gasteiger partial charge in [0.25, 0.3) is 5.69 Å². The van der Waals surface area contributed by atoms with E-state index < -0.39 is 14.9 Å². The van der Waals surface area contributed by atoms with Gasteiger partial charge in [-0.3, -0.25) is 10.1 Å². The standard InChI is InChI=1S/C21H19ClN2O6S/c1-29-16-9-7-14(20(12-16)30-2)13-23-31(27,28)21-11-15(24(25)26)8-10-18(21)17-5-3-4-6-19(17)22/h3-12,23H,13H2,1-2H3. The van der Waals surface area contributed by atoms with Crippen LogP contribution in [0.15, 0.2) is 65.6 Å². The van der Waals surface area contributed by atoms with Crippen LogP contribution in [0.2, 0.25) is 5.02 Å². The summed E-state index contributed by atoms with van der Waals surface area (Å²) in [6.45, 7) is -0.0971. The van der Waals surface area contributed by atoms with E-state index in [2.05, 4.69) is 4.72 Å². The van der Waals surface area contributed by atoms with Gasteiger partial charge in [0.1, 0.15) is 11.5 Å².